The summed E-state index contributed by atoms with van der Waals surface area (Å²) in [6.45, 7) is 1.82. The van der Waals surface area contributed by atoms with E-state index in [0.29, 0.717) is 0 Å². The quantitative estimate of drug-likeness (QED) is 0.895. The van der Waals surface area contributed by atoms with E-state index < -0.39 is 0 Å². The van der Waals surface area contributed by atoms with Crippen LogP contribution in [-0.2, 0) is 13.0 Å². The number of halogens is 1. The second-order valence-electron chi connectivity index (χ2n) is 4.21. The summed E-state index contributed by atoms with van der Waals surface area (Å²) in [4.78, 5) is 8.67. The van der Waals surface area contributed by atoms with E-state index in [4.69, 9.17) is 0 Å². The summed E-state index contributed by atoms with van der Waals surface area (Å²) in [5.74, 6) is 0.898. The number of rotatable bonds is 2. The van der Waals surface area contributed by atoms with Crippen LogP contribution in [0, 0.1) is 0 Å². The van der Waals surface area contributed by atoms with Crippen molar-refractivity contribution in [2.24, 2.45) is 0 Å². The Hall–Kier alpha value is -1.46. The SMILES string of the molecule is Brc1ccc(Nc2ncnc3c2CNCC3)cc1. The van der Waals surface area contributed by atoms with E-state index in [-0.39, 0.29) is 0 Å². The van der Waals surface area contributed by atoms with Crippen LogP contribution in [0.15, 0.2) is 35.1 Å². The van der Waals surface area contributed by atoms with Crippen molar-refractivity contribution in [3.05, 3.63) is 46.3 Å². The van der Waals surface area contributed by atoms with E-state index in [0.717, 1.165) is 41.2 Å². The van der Waals surface area contributed by atoms with Crippen molar-refractivity contribution in [2.45, 2.75) is 13.0 Å². The highest BCUT2D eigenvalue weighted by Crippen LogP contribution is 2.23. The van der Waals surface area contributed by atoms with E-state index in [1.165, 1.54) is 5.56 Å². The second-order valence-corrected chi connectivity index (χ2v) is 5.12. The lowest BCUT2D eigenvalue weighted by Crippen LogP contribution is -2.25. The van der Waals surface area contributed by atoms with Crippen LogP contribution in [0.1, 0.15) is 11.3 Å². The molecule has 0 aliphatic carbocycles. The molecule has 0 unspecified atom stereocenters. The molecule has 0 bridgehead atoms. The van der Waals surface area contributed by atoms with Crippen LogP contribution >= 0.6 is 15.9 Å². The van der Waals surface area contributed by atoms with Crippen LogP contribution in [0.25, 0.3) is 0 Å². The summed E-state index contributed by atoms with van der Waals surface area (Å²) >= 11 is 3.43. The van der Waals surface area contributed by atoms with Crippen LogP contribution in [0.5, 0.6) is 0 Å². The number of aromatic nitrogens is 2. The van der Waals surface area contributed by atoms with Crippen LogP contribution in [0.4, 0.5) is 11.5 Å². The van der Waals surface area contributed by atoms with Crippen LogP contribution in [0.2, 0.25) is 0 Å². The summed E-state index contributed by atoms with van der Waals surface area (Å²) in [5, 5.41) is 6.70. The maximum absolute atomic E-state index is 4.34. The highest BCUT2D eigenvalue weighted by Gasteiger charge is 2.14. The topological polar surface area (TPSA) is 49.8 Å². The lowest BCUT2D eigenvalue weighted by Gasteiger charge is -2.19. The fraction of sp³-hybridized carbons (Fsp3) is 0.231. The first kappa shape index (κ1) is 11.6. The minimum atomic E-state index is 0.828. The fourth-order valence-electron chi connectivity index (χ4n) is 2.05. The summed E-state index contributed by atoms with van der Waals surface area (Å²) in [7, 11) is 0. The molecular formula is C13H13BrN4. The zero-order chi connectivity index (χ0) is 12.4. The number of nitrogens with one attached hydrogen (secondary N) is 2. The molecule has 4 nitrogen and oxygen atoms in total. The molecule has 1 aliphatic rings. The Bertz CT molecular complexity index is 553. The molecule has 2 aromatic rings. The normalized spacial score (nSPS) is 14.1. The highest BCUT2D eigenvalue weighted by molar-refractivity contribution is 9.10. The Morgan fingerprint density at radius 1 is 1.17 bits per heavy atom. The van der Waals surface area contributed by atoms with Gasteiger partial charge in [-0.1, -0.05) is 15.9 Å². The van der Waals surface area contributed by atoms with Crippen molar-refractivity contribution in [2.75, 3.05) is 11.9 Å². The van der Waals surface area contributed by atoms with E-state index in [2.05, 4.69) is 36.5 Å². The van der Waals surface area contributed by atoms with Gasteiger partial charge in [-0.25, -0.2) is 9.97 Å². The van der Waals surface area contributed by atoms with Crippen molar-refractivity contribution in [3.63, 3.8) is 0 Å². The molecule has 2 heterocycles. The summed E-state index contributed by atoms with van der Waals surface area (Å²) in [6, 6.07) is 8.06. The van der Waals surface area contributed by atoms with Gasteiger partial charge in [0.25, 0.3) is 0 Å². The maximum Gasteiger partial charge on any atom is 0.138 e. The molecule has 92 valence electrons. The third-order valence-electron chi connectivity index (χ3n) is 2.98. The van der Waals surface area contributed by atoms with Gasteiger partial charge in [0, 0.05) is 35.2 Å². The van der Waals surface area contributed by atoms with Crippen molar-refractivity contribution in [1.82, 2.24) is 15.3 Å². The van der Waals surface area contributed by atoms with Crippen LogP contribution in [0.3, 0.4) is 0 Å². The molecule has 1 aromatic carbocycles. The third kappa shape index (κ3) is 2.37. The number of nitrogens with zero attached hydrogens (tertiary/aromatic N) is 2. The molecule has 0 amide bonds. The summed E-state index contributed by atoms with van der Waals surface area (Å²) in [6.07, 6.45) is 2.60. The second kappa shape index (κ2) is 5.04. The first-order valence-electron chi connectivity index (χ1n) is 5.89. The van der Waals surface area contributed by atoms with Crippen LogP contribution in [-0.4, -0.2) is 16.5 Å². The Kier molecular flexibility index (Phi) is 3.25. The molecule has 0 radical (unpaired) electrons. The van der Waals surface area contributed by atoms with Gasteiger partial charge in [-0.05, 0) is 24.3 Å². The lowest BCUT2D eigenvalue weighted by atomic mass is 10.1. The average molecular weight is 305 g/mol. The fourth-order valence-corrected chi connectivity index (χ4v) is 2.31. The lowest BCUT2D eigenvalue weighted by molar-refractivity contribution is 0.628. The first-order chi connectivity index (χ1) is 8.83. The van der Waals surface area contributed by atoms with E-state index >= 15 is 0 Å². The largest absolute Gasteiger partial charge is 0.340 e. The van der Waals surface area contributed by atoms with Gasteiger partial charge in [0.05, 0.1) is 5.69 Å². The van der Waals surface area contributed by atoms with E-state index in [9.17, 15) is 0 Å². The third-order valence-corrected chi connectivity index (χ3v) is 3.51. The standard InChI is InChI=1S/C13H13BrN4/c14-9-1-3-10(4-2-9)18-13-11-7-15-6-5-12(11)16-8-17-13/h1-4,8,15H,5-7H2,(H,16,17,18). The monoisotopic (exact) mass is 304 g/mol. The molecule has 1 aromatic heterocycles. The van der Waals surface area contributed by atoms with Crippen molar-refractivity contribution in [1.29, 1.82) is 0 Å². The van der Waals surface area contributed by atoms with Gasteiger partial charge in [0.15, 0.2) is 0 Å². The van der Waals surface area contributed by atoms with Gasteiger partial charge in [-0.15, -0.1) is 0 Å². The smallest absolute Gasteiger partial charge is 0.138 e. The molecule has 18 heavy (non-hydrogen) atoms. The Morgan fingerprint density at radius 2 is 2.00 bits per heavy atom. The van der Waals surface area contributed by atoms with E-state index in [1.807, 2.05) is 24.3 Å². The zero-order valence-corrected chi connectivity index (χ0v) is 11.4. The summed E-state index contributed by atoms with van der Waals surface area (Å²) in [5.41, 5.74) is 3.35. The maximum atomic E-state index is 4.34. The molecule has 3 rings (SSSR count). The van der Waals surface area contributed by atoms with Crippen molar-refractivity contribution in [3.8, 4) is 0 Å². The van der Waals surface area contributed by atoms with Gasteiger partial charge in [0.1, 0.15) is 12.1 Å². The van der Waals surface area contributed by atoms with Crippen molar-refractivity contribution >= 4 is 27.4 Å². The first-order valence-corrected chi connectivity index (χ1v) is 6.68. The summed E-state index contributed by atoms with van der Waals surface area (Å²) < 4.78 is 1.07. The van der Waals surface area contributed by atoms with E-state index in [1.54, 1.807) is 6.33 Å². The van der Waals surface area contributed by atoms with Gasteiger partial charge >= 0.3 is 0 Å². The molecule has 0 saturated carbocycles. The molecule has 1 aliphatic heterocycles. The number of fused-ring (bicyclic) bond motifs is 1. The number of hydrogen-bond acceptors (Lipinski definition) is 4. The minimum Gasteiger partial charge on any atom is -0.340 e. The van der Waals surface area contributed by atoms with Gasteiger partial charge in [0.2, 0.25) is 0 Å². The predicted octanol–water partition coefficient (Wildman–Crippen LogP) is 2.63. The number of benzene rings is 1. The molecule has 0 spiro atoms. The van der Waals surface area contributed by atoms with Crippen LogP contribution < -0.4 is 10.6 Å². The number of anilines is 2. The van der Waals surface area contributed by atoms with Gasteiger partial charge in [-0.3, -0.25) is 0 Å². The average Bonchev–Trinajstić information content (AvgIpc) is 2.42. The highest BCUT2D eigenvalue weighted by atomic mass is 79.9. The van der Waals surface area contributed by atoms with Crippen molar-refractivity contribution < 1.29 is 0 Å². The van der Waals surface area contributed by atoms with Gasteiger partial charge in [-0.2, -0.15) is 0 Å². The molecular weight excluding hydrogens is 292 g/mol. The Labute approximate surface area is 114 Å². The minimum absolute atomic E-state index is 0.828. The molecule has 2 N–H and O–H groups in total. The number of hydrogen-bond donors (Lipinski definition) is 2. The Balaban J connectivity index is 1.90. The molecule has 5 heteroatoms. The molecule has 0 saturated heterocycles. The predicted molar refractivity (Wildman–Crippen MR) is 74.9 cm³/mol. The Morgan fingerprint density at radius 3 is 2.83 bits per heavy atom. The molecule has 0 fully saturated rings. The zero-order valence-electron chi connectivity index (χ0n) is 9.78. The van der Waals surface area contributed by atoms with Gasteiger partial charge < -0.3 is 10.6 Å². The molecule has 0 atom stereocenters.